The van der Waals surface area contributed by atoms with E-state index in [2.05, 4.69) is 10.3 Å². The van der Waals surface area contributed by atoms with E-state index in [1.165, 1.54) is 6.07 Å². The Morgan fingerprint density at radius 2 is 1.58 bits per heavy atom. The zero-order valence-corrected chi connectivity index (χ0v) is 13.1. The van der Waals surface area contributed by atoms with Crippen molar-refractivity contribution >= 4 is 28.7 Å². The van der Waals surface area contributed by atoms with Gasteiger partial charge in [0.25, 0.3) is 0 Å². The fraction of sp³-hybridized carbons (Fsp3) is 0.0556. The molecule has 1 heterocycles. The van der Waals surface area contributed by atoms with E-state index in [9.17, 15) is 10.1 Å². The SMILES string of the molecule is CN(c1ccccc1)c1ccc([N+](=O)[O-])c(Nc2ccccc2)n1. The van der Waals surface area contributed by atoms with Crippen LogP contribution in [-0.2, 0) is 0 Å². The Balaban J connectivity index is 1.98. The first-order valence-electron chi connectivity index (χ1n) is 7.41. The van der Waals surface area contributed by atoms with Gasteiger partial charge in [0.15, 0.2) is 0 Å². The van der Waals surface area contributed by atoms with Gasteiger partial charge in [0, 0.05) is 24.5 Å². The third kappa shape index (κ3) is 3.33. The number of hydrogen-bond acceptors (Lipinski definition) is 5. The van der Waals surface area contributed by atoms with Gasteiger partial charge in [-0.1, -0.05) is 36.4 Å². The second-order valence-corrected chi connectivity index (χ2v) is 5.18. The van der Waals surface area contributed by atoms with Gasteiger partial charge in [0.1, 0.15) is 5.82 Å². The van der Waals surface area contributed by atoms with Gasteiger partial charge in [-0.25, -0.2) is 4.98 Å². The van der Waals surface area contributed by atoms with Crippen LogP contribution < -0.4 is 10.2 Å². The molecule has 3 rings (SSSR count). The Morgan fingerprint density at radius 3 is 2.21 bits per heavy atom. The molecule has 2 aromatic carbocycles. The molecule has 0 fully saturated rings. The second kappa shape index (κ2) is 6.78. The van der Waals surface area contributed by atoms with Gasteiger partial charge in [-0.05, 0) is 30.3 Å². The summed E-state index contributed by atoms with van der Waals surface area (Å²) in [6, 6.07) is 22.1. The predicted octanol–water partition coefficient (Wildman–Crippen LogP) is 4.50. The molecule has 0 bridgehead atoms. The fourth-order valence-electron chi connectivity index (χ4n) is 2.31. The molecule has 0 saturated heterocycles. The van der Waals surface area contributed by atoms with E-state index >= 15 is 0 Å². The molecule has 0 amide bonds. The molecule has 1 N–H and O–H groups in total. The molecular weight excluding hydrogens is 304 g/mol. The Hall–Kier alpha value is -3.41. The molecule has 1 aromatic heterocycles. The molecule has 0 aliphatic heterocycles. The number of aromatic nitrogens is 1. The maximum Gasteiger partial charge on any atom is 0.311 e. The number of nitrogens with one attached hydrogen (secondary N) is 1. The van der Waals surface area contributed by atoms with Crippen LogP contribution in [0.3, 0.4) is 0 Å². The highest BCUT2D eigenvalue weighted by Crippen LogP contribution is 2.30. The van der Waals surface area contributed by atoms with Crippen LogP contribution in [0.25, 0.3) is 0 Å². The standard InChI is InChI=1S/C18H16N4O2/c1-21(15-10-6-3-7-11-15)17-13-12-16(22(23)24)18(20-17)19-14-8-4-2-5-9-14/h2-13H,1H3,(H,19,20). The molecule has 0 saturated carbocycles. The Labute approximate surface area is 139 Å². The van der Waals surface area contributed by atoms with Crippen LogP contribution >= 0.6 is 0 Å². The van der Waals surface area contributed by atoms with E-state index in [0.29, 0.717) is 5.82 Å². The zero-order valence-electron chi connectivity index (χ0n) is 13.1. The highest BCUT2D eigenvalue weighted by molar-refractivity contribution is 5.70. The number of hydrogen-bond donors (Lipinski definition) is 1. The first kappa shape index (κ1) is 15.5. The number of rotatable bonds is 5. The highest BCUT2D eigenvalue weighted by Gasteiger charge is 2.18. The molecule has 0 spiro atoms. The number of anilines is 4. The quantitative estimate of drug-likeness (QED) is 0.553. The molecule has 24 heavy (non-hydrogen) atoms. The molecule has 0 atom stereocenters. The number of benzene rings is 2. The summed E-state index contributed by atoms with van der Waals surface area (Å²) in [6.07, 6.45) is 0. The lowest BCUT2D eigenvalue weighted by atomic mass is 10.2. The van der Waals surface area contributed by atoms with Crippen LogP contribution in [0.2, 0.25) is 0 Å². The largest absolute Gasteiger partial charge is 0.334 e. The van der Waals surface area contributed by atoms with Crippen LogP contribution in [0, 0.1) is 10.1 Å². The minimum absolute atomic E-state index is 0.0657. The molecular formula is C18H16N4O2. The van der Waals surface area contributed by atoms with Crippen LogP contribution in [-0.4, -0.2) is 17.0 Å². The van der Waals surface area contributed by atoms with E-state index in [1.54, 1.807) is 6.07 Å². The monoisotopic (exact) mass is 320 g/mol. The summed E-state index contributed by atoms with van der Waals surface area (Å²) >= 11 is 0. The summed E-state index contributed by atoms with van der Waals surface area (Å²) in [6.45, 7) is 0. The minimum Gasteiger partial charge on any atom is -0.334 e. The second-order valence-electron chi connectivity index (χ2n) is 5.18. The van der Waals surface area contributed by atoms with E-state index in [0.717, 1.165) is 11.4 Å². The van der Waals surface area contributed by atoms with E-state index in [-0.39, 0.29) is 11.5 Å². The van der Waals surface area contributed by atoms with E-state index in [4.69, 9.17) is 0 Å². The van der Waals surface area contributed by atoms with Gasteiger partial charge >= 0.3 is 5.69 Å². The summed E-state index contributed by atoms with van der Waals surface area (Å²) < 4.78 is 0. The molecule has 6 heteroatoms. The Bertz CT molecular complexity index is 838. The zero-order chi connectivity index (χ0) is 16.9. The van der Waals surface area contributed by atoms with Crippen molar-refractivity contribution in [3.63, 3.8) is 0 Å². The fourth-order valence-corrected chi connectivity index (χ4v) is 2.31. The maximum atomic E-state index is 11.3. The van der Waals surface area contributed by atoms with Gasteiger partial charge in [0.2, 0.25) is 5.82 Å². The number of para-hydroxylation sites is 2. The van der Waals surface area contributed by atoms with E-state index in [1.807, 2.05) is 72.6 Å². The number of pyridine rings is 1. The van der Waals surface area contributed by atoms with Crippen LogP contribution in [0.5, 0.6) is 0 Å². The first-order valence-corrected chi connectivity index (χ1v) is 7.41. The topological polar surface area (TPSA) is 71.3 Å². The van der Waals surface area contributed by atoms with Crippen LogP contribution in [0.15, 0.2) is 72.8 Å². The van der Waals surface area contributed by atoms with Crippen molar-refractivity contribution in [1.82, 2.24) is 4.98 Å². The average Bonchev–Trinajstić information content (AvgIpc) is 2.62. The van der Waals surface area contributed by atoms with Gasteiger partial charge < -0.3 is 10.2 Å². The van der Waals surface area contributed by atoms with Crippen LogP contribution in [0.1, 0.15) is 0 Å². The smallest absolute Gasteiger partial charge is 0.311 e. The summed E-state index contributed by atoms with van der Waals surface area (Å²) in [4.78, 5) is 17.1. The molecule has 6 nitrogen and oxygen atoms in total. The third-order valence-corrected chi connectivity index (χ3v) is 3.58. The average molecular weight is 320 g/mol. The highest BCUT2D eigenvalue weighted by atomic mass is 16.6. The molecule has 3 aromatic rings. The lowest BCUT2D eigenvalue weighted by molar-refractivity contribution is -0.384. The molecule has 120 valence electrons. The normalized spacial score (nSPS) is 10.2. The van der Waals surface area contributed by atoms with Crippen LogP contribution in [0.4, 0.5) is 28.7 Å². The maximum absolute atomic E-state index is 11.3. The third-order valence-electron chi connectivity index (χ3n) is 3.58. The van der Waals surface area contributed by atoms with Gasteiger partial charge in [-0.3, -0.25) is 10.1 Å². The molecule has 0 radical (unpaired) electrons. The van der Waals surface area contributed by atoms with Gasteiger partial charge in [-0.15, -0.1) is 0 Å². The van der Waals surface area contributed by atoms with Crippen molar-refractivity contribution in [2.24, 2.45) is 0 Å². The summed E-state index contributed by atoms with van der Waals surface area (Å²) in [7, 11) is 1.87. The number of nitrogens with zero attached hydrogens (tertiary/aromatic N) is 3. The first-order chi connectivity index (χ1) is 11.6. The van der Waals surface area contributed by atoms with Crippen molar-refractivity contribution in [3.8, 4) is 0 Å². The van der Waals surface area contributed by atoms with Gasteiger partial charge in [-0.2, -0.15) is 0 Å². The number of nitro groups is 1. The summed E-state index contributed by atoms with van der Waals surface area (Å²) in [5, 5.41) is 14.3. The lowest BCUT2D eigenvalue weighted by Gasteiger charge is -2.19. The lowest BCUT2D eigenvalue weighted by Crippen LogP contribution is -2.12. The summed E-state index contributed by atoms with van der Waals surface area (Å²) in [5.41, 5.74) is 1.63. The van der Waals surface area contributed by atoms with E-state index < -0.39 is 4.92 Å². The van der Waals surface area contributed by atoms with Crippen molar-refractivity contribution in [2.45, 2.75) is 0 Å². The van der Waals surface area contributed by atoms with Crippen molar-refractivity contribution in [3.05, 3.63) is 82.9 Å². The minimum atomic E-state index is -0.440. The molecule has 0 unspecified atom stereocenters. The van der Waals surface area contributed by atoms with Crippen molar-refractivity contribution in [1.29, 1.82) is 0 Å². The van der Waals surface area contributed by atoms with Crippen molar-refractivity contribution < 1.29 is 4.92 Å². The predicted molar refractivity (Wildman–Crippen MR) is 95.1 cm³/mol. The van der Waals surface area contributed by atoms with Gasteiger partial charge in [0.05, 0.1) is 4.92 Å². The molecule has 0 aliphatic carbocycles. The van der Waals surface area contributed by atoms with Crippen molar-refractivity contribution in [2.75, 3.05) is 17.3 Å². The Kier molecular flexibility index (Phi) is 4.38. The summed E-state index contributed by atoms with van der Waals surface area (Å²) in [5.74, 6) is 0.830. The molecule has 0 aliphatic rings. The Morgan fingerprint density at radius 1 is 0.958 bits per heavy atom.